The molecule has 0 saturated heterocycles. The molecule has 1 spiro atoms. The normalized spacial score (nSPS) is 31.8. The third kappa shape index (κ3) is 1.87. The second-order valence-electron chi connectivity index (χ2n) is 6.45. The van der Waals surface area contributed by atoms with E-state index in [0.717, 1.165) is 32.1 Å². The van der Waals surface area contributed by atoms with Crippen LogP contribution >= 0.6 is 0 Å². The van der Waals surface area contributed by atoms with Crippen LogP contribution in [0.3, 0.4) is 0 Å². The fourth-order valence-electron chi connectivity index (χ4n) is 3.51. The minimum absolute atomic E-state index is 0.0201. The standard InChI is InChI=1S/C15H22N2O/c1-11-6-9-15(10-7-11)13(18)12(17-16)5-4-8-14(15,2)3/h6H,4-5,7-10H2,1-3H3. The molecule has 0 N–H and O–H groups in total. The van der Waals surface area contributed by atoms with Crippen molar-refractivity contribution in [3.05, 3.63) is 17.2 Å². The van der Waals surface area contributed by atoms with Crippen LogP contribution in [-0.4, -0.2) is 16.3 Å². The summed E-state index contributed by atoms with van der Waals surface area (Å²) in [6, 6.07) is 0. The molecule has 3 nitrogen and oxygen atoms in total. The van der Waals surface area contributed by atoms with Crippen molar-refractivity contribution in [3.63, 3.8) is 0 Å². The summed E-state index contributed by atoms with van der Waals surface area (Å²) >= 11 is 0. The van der Waals surface area contributed by atoms with Crippen LogP contribution in [0.4, 0.5) is 0 Å². The molecule has 1 atom stereocenters. The van der Waals surface area contributed by atoms with Crippen LogP contribution in [-0.2, 0) is 4.79 Å². The van der Waals surface area contributed by atoms with Crippen molar-refractivity contribution >= 4 is 11.5 Å². The van der Waals surface area contributed by atoms with E-state index in [4.69, 9.17) is 5.53 Å². The molecule has 0 aromatic carbocycles. The van der Waals surface area contributed by atoms with Gasteiger partial charge in [0.25, 0.3) is 0 Å². The summed E-state index contributed by atoms with van der Waals surface area (Å²) in [6.45, 7) is 6.52. The first-order valence-electron chi connectivity index (χ1n) is 6.84. The van der Waals surface area contributed by atoms with Gasteiger partial charge in [0.05, 0.1) is 6.42 Å². The molecular formula is C15H22N2O. The maximum atomic E-state index is 12.8. The Bertz CT molecular complexity index is 455. The average Bonchev–Trinajstić information content (AvgIpc) is 2.42. The molecule has 0 aromatic rings. The van der Waals surface area contributed by atoms with Crippen LogP contribution < -0.4 is 0 Å². The molecule has 18 heavy (non-hydrogen) atoms. The first-order valence-corrected chi connectivity index (χ1v) is 6.84. The lowest BCUT2D eigenvalue weighted by atomic mass is 9.56. The van der Waals surface area contributed by atoms with E-state index in [1.807, 2.05) is 0 Å². The van der Waals surface area contributed by atoms with Gasteiger partial charge in [-0.25, -0.2) is 0 Å². The van der Waals surface area contributed by atoms with E-state index in [9.17, 15) is 4.79 Å². The summed E-state index contributed by atoms with van der Waals surface area (Å²) in [4.78, 5) is 16.0. The third-order valence-corrected chi connectivity index (χ3v) is 5.07. The lowest BCUT2D eigenvalue weighted by Gasteiger charge is -2.45. The zero-order chi connectivity index (χ0) is 13.4. The number of ketones is 1. The maximum absolute atomic E-state index is 12.8. The molecule has 1 unspecified atom stereocenters. The Morgan fingerprint density at radius 2 is 2.00 bits per heavy atom. The smallest absolute Gasteiger partial charge is 0.335 e. The van der Waals surface area contributed by atoms with Gasteiger partial charge >= 0.3 is 5.71 Å². The molecule has 98 valence electrons. The SMILES string of the molecule is CC1=CCC2(CC1)C(=O)C(=[N+]=[N-])CCCC2(C)C. The van der Waals surface area contributed by atoms with Gasteiger partial charge in [0.1, 0.15) is 0 Å². The van der Waals surface area contributed by atoms with E-state index in [0.29, 0.717) is 12.1 Å². The van der Waals surface area contributed by atoms with Crippen LogP contribution in [0.1, 0.15) is 59.3 Å². The molecule has 0 aromatic heterocycles. The summed E-state index contributed by atoms with van der Waals surface area (Å²) in [5, 5.41) is 0. The van der Waals surface area contributed by atoms with E-state index in [2.05, 4.69) is 31.6 Å². The van der Waals surface area contributed by atoms with Crippen LogP contribution in [0.5, 0.6) is 0 Å². The number of carbonyl (C=O) groups excluding carboxylic acids is 1. The van der Waals surface area contributed by atoms with E-state index < -0.39 is 0 Å². The van der Waals surface area contributed by atoms with Crippen molar-refractivity contribution in [2.45, 2.75) is 59.3 Å². The molecule has 0 amide bonds. The number of nitrogens with zero attached hydrogens (tertiary/aromatic N) is 2. The van der Waals surface area contributed by atoms with Gasteiger partial charge in [0, 0.05) is 5.41 Å². The van der Waals surface area contributed by atoms with Gasteiger partial charge in [-0.05, 0) is 44.4 Å². The molecule has 0 radical (unpaired) electrons. The van der Waals surface area contributed by atoms with Crippen molar-refractivity contribution in [2.24, 2.45) is 10.8 Å². The first-order chi connectivity index (χ1) is 8.43. The second kappa shape index (κ2) is 4.47. The van der Waals surface area contributed by atoms with Crippen molar-refractivity contribution in [3.8, 4) is 0 Å². The molecule has 2 aliphatic rings. The highest BCUT2D eigenvalue weighted by atomic mass is 16.1. The largest absolute Gasteiger partial charge is 0.361 e. The zero-order valence-corrected chi connectivity index (χ0v) is 11.6. The minimum atomic E-state index is -0.357. The van der Waals surface area contributed by atoms with Crippen molar-refractivity contribution in [1.29, 1.82) is 0 Å². The Labute approximate surface area is 109 Å². The van der Waals surface area contributed by atoms with Gasteiger partial charge in [0.15, 0.2) is 0 Å². The zero-order valence-electron chi connectivity index (χ0n) is 11.6. The lowest BCUT2D eigenvalue weighted by Crippen LogP contribution is -2.47. The Morgan fingerprint density at radius 3 is 2.56 bits per heavy atom. The van der Waals surface area contributed by atoms with E-state index in [1.54, 1.807) is 0 Å². The highest BCUT2D eigenvalue weighted by Crippen LogP contribution is 2.53. The number of allylic oxidation sites excluding steroid dienone is 2. The Hall–Kier alpha value is -1.21. The number of Topliss-reactive ketones (excluding diaryl/α,β-unsaturated/α-hetero) is 1. The van der Waals surface area contributed by atoms with Crippen molar-refractivity contribution in [1.82, 2.24) is 0 Å². The van der Waals surface area contributed by atoms with Gasteiger partial charge in [-0.3, -0.25) is 4.79 Å². The quantitative estimate of drug-likeness (QED) is 0.366. The Balaban J connectivity index is 2.50. The minimum Gasteiger partial charge on any atom is -0.361 e. The summed E-state index contributed by atoms with van der Waals surface area (Å²) in [5.74, 6) is 0.0799. The number of hydrogen-bond acceptors (Lipinski definition) is 1. The number of hydrogen-bond donors (Lipinski definition) is 0. The van der Waals surface area contributed by atoms with Crippen LogP contribution in [0.2, 0.25) is 0 Å². The third-order valence-electron chi connectivity index (χ3n) is 5.07. The topological polar surface area (TPSA) is 53.5 Å². The van der Waals surface area contributed by atoms with Gasteiger partial charge in [-0.2, -0.15) is 4.79 Å². The first kappa shape index (κ1) is 13.2. The summed E-state index contributed by atoms with van der Waals surface area (Å²) in [7, 11) is 0. The fraction of sp³-hybridized carbons (Fsp3) is 0.733. The monoisotopic (exact) mass is 246 g/mol. The molecule has 3 heteroatoms. The van der Waals surface area contributed by atoms with Gasteiger partial charge in [-0.15, -0.1) is 0 Å². The molecule has 1 fully saturated rings. The molecule has 2 aliphatic carbocycles. The van der Waals surface area contributed by atoms with Gasteiger partial charge < -0.3 is 5.53 Å². The average molecular weight is 246 g/mol. The van der Waals surface area contributed by atoms with E-state index in [-0.39, 0.29) is 16.6 Å². The Kier molecular flexibility index (Phi) is 3.29. The number of carbonyl (C=O) groups is 1. The van der Waals surface area contributed by atoms with E-state index >= 15 is 0 Å². The highest BCUT2D eigenvalue weighted by Gasteiger charge is 2.55. The number of rotatable bonds is 0. The van der Waals surface area contributed by atoms with Crippen molar-refractivity contribution < 1.29 is 9.58 Å². The Morgan fingerprint density at radius 1 is 1.28 bits per heavy atom. The summed E-state index contributed by atoms with van der Waals surface area (Å²) in [5.41, 5.74) is 10.5. The van der Waals surface area contributed by atoms with Crippen LogP contribution in [0.15, 0.2) is 11.6 Å². The van der Waals surface area contributed by atoms with Gasteiger partial charge in [-0.1, -0.05) is 25.5 Å². The fourth-order valence-corrected chi connectivity index (χ4v) is 3.51. The van der Waals surface area contributed by atoms with Gasteiger partial charge in [0.2, 0.25) is 5.78 Å². The molecule has 1 saturated carbocycles. The lowest BCUT2D eigenvalue weighted by molar-refractivity contribution is -0.133. The van der Waals surface area contributed by atoms with Crippen molar-refractivity contribution in [2.75, 3.05) is 0 Å². The molecule has 2 rings (SSSR count). The predicted octanol–water partition coefficient (Wildman–Crippen LogP) is 3.55. The second-order valence-corrected chi connectivity index (χ2v) is 6.45. The van der Waals surface area contributed by atoms with Crippen LogP contribution in [0.25, 0.3) is 5.53 Å². The maximum Gasteiger partial charge on any atom is 0.335 e. The predicted molar refractivity (Wildman–Crippen MR) is 71.3 cm³/mol. The highest BCUT2D eigenvalue weighted by molar-refractivity contribution is 6.39. The van der Waals surface area contributed by atoms with E-state index in [1.165, 1.54) is 5.57 Å². The summed E-state index contributed by atoms with van der Waals surface area (Å²) in [6.07, 6.45) is 7.43. The van der Waals surface area contributed by atoms with Crippen LogP contribution in [0, 0.1) is 10.8 Å². The summed E-state index contributed by atoms with van der Waals surface area (Å²) < 4.78 is 0. The molecule has 0 aliphatic heterocycles. The molecule has 0 heterocycles. The molecule has 0 bridgehead atoms. The molecular weight excluding hydrogens is 224 g/mol.